The number of hydrogen-bond donors (Lipinski definition) is 1. The Morgan fingerprint density at radius 1 is 1.02 bits per heavy atom. The number of ether oxygens (including phenoxy) is 5. The molecule has 0 saturated carbocycles. The SMILES string of the molecule is CC[C@H]1OC(=O)[C@H](C)[C@@H](O[C@H]2CC(C)[C@@H](O)[C@H](C)O2)[C@H](C)C[C@@]2(C)C[C@@H](CCO2)C(=O)[C@H](C)[C@H]2N(CCCCn3cnc(-c4cccnc4)c3)C(=O)O[C@]12C. The first-order chi connectivity index (χ1) is 26.1. The van der Waals surface area contributed by atoms with E-state index < -0.39 is 71.8 Å². The zero-order valence-electron chi connectivity index (χ0n) is 33.9. The second-order valence-electron chi connectivity index (χ2n) is 17.2. The van der Waals surface area contributed by atoms with Gasteiger partial charge in [-0.05, 0) is 90.2 Å². The number of rotatable bonds is 9. The van der Waals surface area contributed by atoms with Crippen LogP contribution >= 0.6 is 0 Å². The van der Waals surface area contributed by atoms with Gasteiger partial charge in [-0.15, -0.1) is 0 Å². The minimum absolute atomic E-state index is 0.0460. The summed E-state index contributed by atoms with van der Waals surface area (Å²) in [6.07, 6.45) is 7.70. The van der Waals surface area contributed by atoms with E-state index >= 15 is 0 Å². The number of imidazole rings is 1. The van der Waals surface area contributed by atoms with Crippen molar-refractivity contribution >= 4 is 17.8 Å². The lowest BCUT2D eigenvalue weighted by molar-refractivity contribution is -0.262. The standard InChI is InChI=1S/C42H62N4O9/c1-9-33-42(8)38(46(40(50)55-42)17-11-10-16-45-23-32(44-24-45)31-13-12-15-43-22-31)27(4)36(48)30-14-18-51-41(7,21-30)20-26(3)37(28(5)39(49)53-33)54-34-19-25(2)35(47)29(6)52-34/h12-13,15,22-30,33-35,37-38,47H,9-11,14,16-21H2,1-8H3/t25?,26-,27+,28-,29+,30-,33-,34+,35-,37+,38-,41+,42-/m1/s1. The maximum absolute atomic E-state index is 14.6. The summed E-state index contributed by atoms with van der Waals surface area (Å²) in [5.41, 5.74) is -0.137. The van der Waals surface area contributed by atoms with Crippen molar-refractivity contribution in [2.24, 2.45) is 29.6 Å². The van der Waals surface area contributed by atoms with E-state index in [0.29, 0.717) is 58.2 Å². The van der Waals surface area contributed by atoms with Crippen LogP contribution in [0.15, 0.2) is 37.1 Å². The number of ketones is 1. The van der Waals surface area contributed by atoms with Gasteiger partial charge < -0.3 is 38.3 Å². The predicted octanol–water partition coefficient (Wildman–Crippen LogP) is 6.21. The quantitative estimate of drug-likeness (QED) is 0.229. The number of esters is 1. The molecule has 0 radical (unpaired) electrons. The van der Waals surface area contributed by atoms with Crippen LogP contribution in [0.25, 0.3) is 11.3 Å². The van der Waals surface area contributed by atoms with Crippen molar-refractivity contribution in [3.05, 3.63) is 37.1 Å². The van der Waals surface area contributed by atoms with Gasteiger partial charge in [-0.2, -0.15) is 0 Å². The molecular formula is C42H62N4O9. The molecule has 0 aliphatic carbocycles. The lowest BCUT2D eigenvalue weighted by atomic mass is 9.72. The van der Waals surface area contributed by atoms with E-state index in [4.69, 9.17) is 23.7 Å². The Hall–Kier alpha value is -3.39. The van der Waals surface area contributed by atoms with Gasteiger partial charge in [0.25, 0.3) is 0 Å². The van der Waals surface area contributed by atoms with Gasteiger partial charge >= 0.3 is 12.1 Å². The van der Waals surface area contributed by atoms with E-state index in [-0.39, 0.29) is 23.5 Å². The number of aliphatic hydroxyl groups excluding tert-OH is 1. The van der Waals surface area contributed by atoms with E-state index in [0.717, 1.165) is 17.7 Å². The van der Waals surface area contributed by atoms with Crippen LogP contribution in [0.5, 0.6) is 0 Å². The van der Waals surface area contributed by atoms with Gasteiger partial charge in [-0.1, -0.05) is 27.7 Å². The lowest BCUT2D eigenvalue weighted by Crippen LogP contribution is -2.58. The fraction of sp³-hybridized carbons (Fsp3) is 0.738. The molecule has 2 aromatic heterocycles. The van der Waals surface area contributed by atoms with Gasteiger partial charge in [0.15, 0.2) is 11.9 Å². The Bertz CT molecular complexity index is 1630. The van der Waals surface area contributed by atoms with Gasteiger partial charge in [0, 0.05) is 62.1 Å². The number of pyridine rings is 1. The van der Waals surface area contributed by atoms with Crippen molar-refractivity contribution in [2.45, 2.75) is 155 Å². The number of cyclic esters (lactones) is 1. The number of hydrogen-bond acceptors (Lipinski definition) is 11. The molecule has 2 bridgehead atoms. The number of carbonyl (C=O) groups is 3. The van der Waals surface area contributed by atoms with Gasteiger partial charge in [-0.3, -0.25) is 14.6 Å². The van der Waals surface area contributed by atoms with E-state index in [1.807, 2.05) is 78.3 Å². The molecule has 13 heteroatoms. The molecule has 6 heterocycles. The Kier molecular flexibility index (Phi) is 12.7. The highest BCUT2D eigenvalue weighted by atomic mass is 16.7. The molecule has 4 fully saturated rings. The summed E-state index contributed by atoms with van der Waals surface area (Å²) in [7, 11) is 0. The van der Waals surface area contributed by atoms with Crippen LogP contribution in [0, 0.1) is 29.6 Å². The molecule has 4 aliphatic heterocycles. The lowest BCUT2D eigenvalue weighted by Gasteiger charge is -2.45. The average Bonchev–Trinajstić information content (AvgIpc) is 3.73. The fourth-order valence-corrected chi connectivity index (χ4v) is 9.82. The molecule has 55 heavy (non-hydrogen) atoms. The molecule has 0 aromatic carbocycles. The molecule has 304 valence electrons. The molecule has 13 atom stereocenters. The number of aliphatic hydroxyl groups is 1. The van der Waals surface area contributed by atoms with Crippen LogP contribution < -0.4 is 0 Å². The van der Waals surface area contributed by atoms with Crippen molar-refractivity contribution in [1.29, 1.82) is 0 Å². The van der Waals surface area contributed by atoms with Crippen molar-refractivity contribution in [3.63, 3.8) is 0 Å². The summed E-state index contributed by atoms with van der Waals surface area (Å²) >= 11 is 0. The Balaban J connectivity index is 1.24. The van der Waals surface area contributed by atoms with E-state index in [9.17, 15) is 19.5 Å². The van der Waals surface area contributed by atoms with E-state index in [1.165, 1.54) is 0 Å². The summed E-state index contributed by atoms with van der Waals surface area (Å²) in [4.78, 5) is 53.2. The maximum atomic E-state index is 14.6. The monoisotopic (exact) mass is 766 g/mol. The summed E-state index contributed by atoms with van der Waals surface area (Å²) in [5.74, 6) is -2.17. The third-order valence-electron chi connectivity index (χ3n) is 12.8. The third-order valence-corrected chi connectivity index (χ3v) is 12.8. The molecule has 2 aromatic rings. The first-order valence-electron chi connectivity index (χ1n) is 20.4. The molecule has 1 N–H and O–H groups in total. The number of aromatic nitrogens is 3. The van der Waals surface area contributed by atoms with Crippen LogP contribution in [0.2, 0.25) is 0 Å². The molecule has 4 aliphatic rings. The van der Waals surface area contributed by atoms with Crippen LogP contribution in [0.3, 0.4) is 0 Å². The smallest absolute Gasteiger partial charge is 0.410 e. The Morgan fingerprint density at radius 2 is 1.78 bits per heavy atom. The molecular weight excluding hydrogens is 704 g/mol. The number of unbranched alkanes of at least 4 members (excludes halogenated alkanes) is 1. The van der Waals surface area contributed by atoms with Gasteiger partial charge in [-0.25, -0.2) is 9.78 Å². The number of nitrogens with zero attached hydrogens (tertiary/aromatic N) is 4. The second-order valence-corrected chi connectivity index (χ2v) is 17.2. The first kappa shape index (κ1) is 41.2. The van der Waals surface area contributed by atoms with Crippen molar-refractivity contribution in [1.82, 2.24) is 19.4 Å². The number of Topliss-reactive ketones (excluding diaryl/α,β-unsaturated/α-hetero) is 1. The summed E-state index contributed by atoms with van der Waals surface area (Å²) in [6, 6.07) is 3.20. The highest BCUT2D eigenvalue weighted by molar-refractivity contribution is 5.86. The molecule has 1 amide bonds. The molecule has 13 nitrogen and oxygen atoms in total. The van der Waals surface area contributed by atoms with Gasteiger partial charge in [0.1, 0.15) is 11.9 Å². The Morgan fingerprint density at radius 3 is 2.49 bits per heavy atom. The van der Waals surface area contributed by atoms with E-state index in [2.05, 4.69) is 9.97 Å². The van der Waals surface area contributed by atoms with Crippen molar-refractivity contribution in [2.75, 3.05) is 13.2 Å². The topological polar surface area (TPSA) is 152 Å². The minimum Gasteiger partial charge on any atom is -0.458 e. The molecule has 4 saturated heterocycles. The van der Waals surface area contributed by atoms with Crippen LogP contribution in [0.1, 0.15) is 100 Å². The fourth-order valence-electron chi connectivity index (χ4n) is 9.82. The molecule has 1 unspecified atom stereocenters. The number of fused-ring (bicyclic) bond motifs is 3. The van der Waals surface area contributed by atoms with Crippen LogP contribution in [-0.2, 0) is 39.8 Å². The normalized spacial score (nSPS) is 38.9. The number of amides is 1. The van der Waals surface area contributed by atoms with Crippen molar-refractivity contribution in [3.8, 4) is 11.3 Å². The molecule has 6 rings (SSSR count). The largest absolute Gasteiger partial charge is 0.458 e. The maximum Gasteiger partial charge on any atom is 0.410 e. The summed E-state index contributed by atoms with van der Waals surface area (Å²) in [5, 5.41) is 10.5. The number of carbonyl (C=O) groups excluding carboxylic acids is 3. The van der Waals surface area contributed by atoms with Gasteiger partial charge in [0.2, 0.25) is 0 Å². The zero-order valence-corrected chi connectivity index (χ0v) is 33.9. The number of aryl methyl sites for hydroxylation is 1. The minimum atomic E-state index is -1.28. The molecule has 0 spiro atoms. The van der Waals surface area contributed by atoms with Crippen LogP contribution in [0.4, 0.5) is 4.79 Å². The first-order valence-corrected chi connectivity index (χ1v) is 20.4. The third kappa shape index (κ3) is 8.79. The summed E-state index contributed by atoms with van der Waals surface area (Å²) < 4.78 is 33.8. The Labute approximate surface area is 325 Å². The highest BCUT2D eigenvalue weighted by Gasteiger charge is 2.60. The van der Waals surface area contributed by atoms with E-state index in [1.54, 1.807) is 23.6 Å². The van der Waals surface area contributed by atoms with Crippen molar-refractivity contribution < 1.29 is 43.2 Å². The van der Waals surface area contributed by atoms with Gasteiger partial charge in [0.05, 0.1) is 47.9 Å². The highest BCUT2D eigenvalue weighted by Crippen LogP contribution is 2.44. The zero-order chi connectivity index (χ0) is 39.7. The summed E-state index contributed by atoms with van der Waals surface area (Å²) in [6.45, 7) is 16.9. The predicted molar refractivity (Wildman–Crippen MR) is 203 cm³/mol. The second kappa shape index (κ2) is 17.0. The average molecular weight is 767 g/mol. The van der Waals surface area contributed by atoms with Crippen LogP contribution in [-0.4, -0.2) is 103 Å².